The highest BCUT2D eigenvalue weighted by molar-refractivity contribution is 7.99. The Morgan fingerprint density at radius 1 is 0.397 bits per heavy atom. The summed E-state index contributed by atoms with van der Waals surface area (Å²) in [6.07, 6.45) is 4.59. The van der Waals surface area contributed by atoms with E-state index in [9.17, 15) is 0 Å². The molecule has 0 radical (unpaired) electrons. The minimum absolute atomic E-state index is 0.738. The molecule has 0 saturated heterocycles. The highest BCUT2D eigenvalue weighted by atomic mass is 32.2. The summed E-state index contributed by atoms with van der Waals surface area (Å²) in [4.78, 5) is 7.20. The van der Waals surface area contributed by atoms with Crippen molar-refractivity contribution in [1.29, 1.82) is 0 Å². The summed E-state index contributed by atoms with van der Waals surface area (Å²) in [5.41, 5.74) is 18.9. The van der Waals surface area contributed by atoms with Gasteiger partial charge in [-0.15, -0.1) is 0 Å². The van der Waals surface area contributed by atoms with Crippen LogP contribution in [0.4, 0.5) is 34.1 Å². The first kappa shape index (κ1) is 37.7. The first-order valence-electron chi connectivity index (χ1n) is 23.2. The number of furan rings is 2. The lowest BCUT2D eigenvalue weighted by Gasteiger charge is -2.38. The summed E-state index contributed by atoms with van der Waals surface area (Å²) in [6, 6.07) is 79.3. The largest absolute Gasteiger partial charge is 0.456 e. The van der Waals surface area contributed by atoms with E-state index in [1.54, 1.807) is 0 Å². The second-order valence-corrected chi connectivity index (χ2v) is 19.0. The van der Waals surface area contributed by atoms with Crippen molar-refractivity contribution in [3.05, 3.63) is 252 Å². The van der Waals surface area contributed by atoms with E-state index in [4.69, 9.17) is 8.83 Å². The number of benzene rings is 10. The van der Waals surface area contributed by atoms with Gasteiger partial charge in [0.25, 0.3) is 0 Å². The summed E-state index contributed by atoms with van der Waals surface area (Å²) in [6.45, 7) is 0. The molecule has 1 spiro atoms. The van der Waals surface area contributed by atoms with Gasteiger partial charge in [-0.1, -0.05) is 157 Å². The molecular formula is C63H38N2O2S. The fourth-order valence-electron chi connectivity index (χ4n) is 11.7. The number of hydrogen-bond donors (Lipinski definition) is 0. The average molecular weight is 887 g/mol. The molecule has 12 aromatic rings. The van der Waals surface area contributed by atoms with Crippen molar-refractivity contribution in [3.8, 4) is 11.1 Å². The van der Waals surface area contributed by atoms with E-state index in [0.29, 0.717) is 0 Å². The lowest BCUT2D eigenvalue weighted by Crippen LogP contribution is -2.30. The standard InChI is InChI=1S/C63H38N2O2S/c1-3-17-40(18-4-1)64(41-19-5-2-6-20-41)42-32-34-54-60(36-42)68-59-30-16-13-27-53(59)65(54)55-38-52-46(62-61(55)47-24-10-15-29-57(47)67-62)33-31-39-35-58-48(45-23-9-14-28-56(45)66-58)37-51(39)63(52)49-25-11-7-21-43(49)44-22-8-12-26-50(44)63/h1-38H. The van der Waals surface area contributed by atoms with Crippen molar-refractivity contribution in [2.45, 2.75) is 15.2 Å². The van der Waals surface area contributed by atoms with Gasteiger partial charge >= 0.3 is 0 Å². The van der Waals surface area contributed by atoms with E-state index < -0.39 is 5.41 Å². The van der Waals surface area contributed by atoms with E-state index in [2.05, 4.69) is 240 Å². The van der Waals surface area contributed by atoms with Gasteiger partial charge in [-0.25, -0.2) is 0 Å². The molecule has 2 aromatic heterocycles. The van der Waals surface area contributed by atoms with Gasteiger partial charge in [0.05, 0.1) is 27.9 Å². The molecule has 10 aromatic carbocycles. The Hall–Kier alpha value is -8.51. The molecule has 1 aliphatic heterocycles. The van der Waals surface area contributed by atoms with Gasteiger partial charge in [-0.3, -0.25) is 0 Å². The van der Waals surface area contributed by atoms with E-state index in [-0.39, 0.29) is 0 Å². The molecule has 318 valence electrons. The van der Waals surface area contributed by atoms with Crippen LogP contribution in [0.1, 0.15) is 33.4 Å². The van der Waals surface area contributed by atoms with Gasteiger partial charge in [-0.05, 0) is 124 Å². The average Bonchev–Trinajstić information content (AvgIpc) is 4.03. The van der Waals surface area contributed by atoms with Gasteiger partial charge in [0, 0.05) is 48.6 Å². The number of nitrogens with zero attached hydrogens (tertiary/aromatic N) is 2. The lowest BCUT2D eigenvalue weighted by atomic mass is 9.65. The zero-order valence-corrected chi connectivity index (χ0v) is 37.4. The first-order chi connectivity index (χ1) is 33.7. The van der Waals surface area contributed by atoms with E-state index in [0.717, 1.165) is 89.1 Å². The maximum Gasteiger partial charge on any atom is 0.145 e. The van der Waals surface area contributed by atoms with Crippen LogP contribution < -0.4 is 9.80 Å². The number of hydrogen-bond acceptors (Lipinski definition) is 5. The molecular weight excluding hydrogens is 849 g/mol. The van der Waals surface area contributed by atoms with Crippen LogP contribution in [0, 0.1) is 0 Å². The zero-order valence-electron chi connectivity index (χ0n) is 36.6. The molecule has 3 aliphatic rings. The molecule has 4 nitrogen and oxygen atoms in total. The summed E-state index contributed by atoms with van der Waals surface area (Å²) in [5, 5.41) is 4.37. The Morgan fingerprint density at radius 3 is 1.76 bits per heavy atom. The fourth-order valence-corrected chi connectivity index (χ4v) is 12.8. The predicted molar refractivity (Wildman–Crippen MR) is 281 cm³/mol. The van der Waals surface area contributed by atoms with Crippen LogP contribution in [0.15, 0.2) is 237 Å². The molecule has 0 fully saturated rings. The number of fused-ring (bicyclic) bond motifs is 18. The molecule has 0 bridgehead atoms. The molecule has 3 heterocycles. The van der Waals surface area contributed by atoms with Crippen LogP contribution in [0.5, 0.6) is 0 Å². The van der Waals surface area contributed by atoms with E-state index >= 15 is 0 Å². The van der Waals surface area contributed by atoms with Gasteiger partial charge < -0.3 is 18.6 Å². The molecule has 0 atom stereocenters. The third-order valence-corrected chi connectivity index (χ3v) is 15.6. The van der Waals surface area contributed by atoms with Crippen molar-refractivity contribution < 1.29 is 8.83 Å². The van der Waals surface area contributed by atoms with Crippen molar-refractivity contribution in [2.75, 3.05) is 9.80 Å². The normalized spacial score (nSPS) is 13.9. The third kappa shape index (κ3) is 5.16. The Morgan fingerprint density at radius 2 is 1.01 bits per heavy atom. The summed E-state index contributed by atoms with van der Waals surface area (Å²) in [5.74, 6) is 0. The van der Waals surface area contributed by atoms with Crippen LogP contribution >= 0.6 is 11.8 Å². The van der Waals surface area contributed by atoms with Crippen LogP contribution in [0.3, 0.4) is 0 Å². The minimum atomic E-state index is -0.738. The molecule has 68 heavy (non-hydrogen) atoms. The Balaban J connectivity index is 1.06. The highest BCUT2D eigenvalue weighted by Crippen LogP contribution is 2.62. The van der Waals surface area contributed by atoms with Gasteiger partial charge in [0.1, 0.15) is 22.3 Å². The van der Waals surface area contributed by atoms with Crippen LogP contribution in [-0.4, -0.2) is 0 Å². The Labute approximate surface area is 396 Å². The van der Waals surface area contributed by atoms with Crippen molar-refractivity contribution in [2.24, 2.45) is 0 Å². The number of anilines is 6. The van der Waals surface area contributed by atoms with Crippen molar-refractivity contribution in [3.63, 3.8) is 0 Å². The molecule has 15 rings (SSSR count). The SMILES string of the molecule is C1=Cc2c(cc(N3c4ccccc4Sc4cc(N(c5ccccc5)c5ccccc5)ccc43)c3c2oc2ccccc23)C2(c3cc4c(cc31)oc1ccccc14)c1ccccc1-c1ccccc12. The summed E-state index contributed by atoms with van der Waals surface area (Å²) >= 11 is 1.83. The molecule has 5 heteroatoms. The van der Waals surface area contributed by atoms with Gasteiger partial charge in [0.15, 0.2) is 0 Å². The Kier molecular flexibility index (Phi) is 7.89. The molecule has 0 N–H and O–H groups in total. The van der Waals surface area contributed by atoms with Gasteiger partial charge in [-0.2, -0.15) is 0 Å². The van der Waals surface area contributed by atoms with Crippen LogP contribution in [0.2, 0.25) is 0 Å². The topological polar surface area (TPSA) is 32.8 Å². The summed E-state index contributed by atoms with van der Waals surface area (Å²) < 4.78 is 13.9. The maximum atomic E-state index is 7.25. The minimum Gasteiger partial charge on any atom is -0.456 e. The molecule has 2 aliphatic carbocycles. The number of rotatable bonds is 4. The van der Waals surface area contributed by atoms with Crippen molar-refractivity contribution in [1.82, 2.24) is 0 Å². The maximum absolute atomic E-state index is 7.25. The van der Waals surface area contributed by atoms with Crippen molar-refractivity contribution >= 4 is 102 Å². The number of para-hydroxylation sites is 5. The molecule has 0 unspecified atom stereocenters. The highest BCUT2D eigenvalue weighted by Gasteiger charge is 2.50. The van der Waals surface area contributed by atoms with Gasteiger partial charge in [0.2, 0.25) is 0 Å². The molecule has 0 saturated carbocycles. The summed E-state index contributed by atoms with van der Waals surface area (Å²) in [7, 11) is 0. The zero-order chi connectivity index (χ0) is 44.5. The third-order valence-electron chi connectivity index (χ3n) is 14.4. The van der Waals surface area contributed by atoms with Crippen LogP contribution in [0.25, 0.3) is 67.2 Å². The monoisotopic (exact) mass is 886 g/mol. The smallest absolute Gasteiger partial charge is 0.145 e. The van der Waals surface area contributed by atoms with E-state index in [1.807, 2.05) is 11.8 Å². The van der Waals surface area contributed by atoms with E-state index in [1.165, 1.54) is 43.2 Å². The fraction of sp³-hybridized carbons (Fsp3) is 0.0159. The quantitative estimate of drug-likeness (QED) is 0.176. The lowest BCUT2D eigenvalue weighted by molar-refractivity contribution is 0.663. The van der Waals surface area contributed by atoms with Crippen LogP contribution in [-0.2, 0) is 5.41 Å². The second-order valence-electron chi connectivity index (χ2n) is 17.9. The molecule has 0 amide bonds. The second kappa shape index (κ2) is 14.2. The predicted octanol–water partition coefficient (Wildman–Crippen LogP) is 17.7. The first-order valence-corrected chi connectivity index (χ1v) is 24.0. The Bertz CT molecular complexity index is 4010.